The number of nitrogens with zero attached hydrogens (tertiary/aromatic N) is 1. The molecule has 0 spiro atoms. The third-order valence-electron chi connectivity index (χ3n) is 2.52. The van der Waals surface area contributed by atoms with E-state index in [2.05, 4.69) is 4.98 Å². The van der Waals surface area contributed by atoms with Gasteiger partial charge >= 0.3 is 0 Å². The Morgan fingerprint density at radius 1 is 1.40 bits per heavy atom. The molecule has 0 bridgehead atoms. The van der Waals surface area contributed by atoms with Gasteiger partial charge in [0.15, 0.2) is 0 Å². The third-order valence-corrected chi connectivity index (χ3v) is 2.52. The molecular weight excluding hydrogens is 186 g/mol. The van der Waals surface area contributed by atoms with Crippen LogP contribution in [0.15, 0.2) is 24.4 Å². The van der Waals surface area contributed by atoms with Gasteiger partial charge in [0.1, 0.15) is 5.78 Å². The number of ketones is 1. The summed E-state index contributed by atoms with van der Waals surface area (Å²) in [6.45, 7) is 7.92. The molecule has 82 valence electrons. The highest BCUT2D eigenvalue weighted by atomic mass is 16.1. The van der Waals surface area contributed by atoms with Gasteiger partial charge in [-0.15, -0.1) is 0 Å². The lowest BCUT2D eigenvalue weighted by molar-refractivity contribution is -0.126. The van der Waals surface area contributed by atoms with E-state index in [0.717, 1.165) is 5.69 Å². The Kier molecular flexibility index (Phi) is 3.61. The van der Waals surface area contributed by atoms with Crippen molar-refractivity contribution in [2.45, 2.75) is 40.0 Å². The molecular formula is C13H19NO. The van der Waals surface area contributed by atoms with Gasteiger partial charge < -0.3 is 0 Å². The molecule has 0 aromatic carbocycles. The second-order valence-electron chi connectivity index (χ2n) is 5.03. The normalized spacial score (nSPS) is 13.6. The summed E-state index contributed by atoms with van der Waals surface area (Å²) in [6, 6.07) is 5.82. The van der Waals surface area contributed by atoms with Crippen molar-refractivity contribution >= 4 is 5.78 Å². The number of hydrogen-bond donors (Lipinski definition) is 0. The first kappa shape index (κ1) is 11.9. The lowest BCUT2D eigenvalue weighted by atomic mass is 9.85. The molecule has 1 aromatic rings. The van der Waals surface area contributed by atoms with E-state index in [4.69, 9.17) is 0 Å². The van der Waals surface area contributed by atoms with E-state index < -0.39 is 0 Å². The van der Waals surface area contributed by atoms with Crippen LogP contribution < -0.4 is 0 Å². The summed E-state index contributed by atoms with van der Waals surface area (Å²) >= 11 is 0. The van der Waals surface area contributed by atoms with Gasteiger partial charge in [0.2, 0.25) is 0 Å². The summed E-state index contributed by atoms with van der Waals surface area (Å²) in [5, 5.41) is 0. The number of Topliss-reactive ketones (excluding diaryl/α,β-unsaturated/α-hetero) is 1. The van der Waals surface area contributed by atoms with Crippen molar-refractivity contribution in [1.82, 2.24) is 4.98 Å². The first-order valence-electron chi connectivity index (χ1n) is 5.35. The molecule has 0 aliphatic heterocycles. The predicted octanol–water partition coefficient (Wildman–Crippen LogP) is 3.19. The van der Waals surface area contributed by atoms with Crippen LogP contribution in [-0.2, 0) is 4.79 Å². The minimum absolute atomic E-state index is 0.206. The minimum atomic E-state index is -0.247. The van der Waals surface area contributed by atoms with Crippen LogP contribution in [0, 0.1) is 5.41 Å². The number of hydrogen-bond acceptors (Lipinski definition) is 2. The van der Waals surface area contributed by atoms with Crippen LogP contribution in [0.2, 0.25) is 0 Å². The maximum Gasteiger partial charge on any atom is 0.138 e. The largest absolute Gasteiger partial charge is 0.299 e. The molecule has 2 heteroatoms. The van der Waals surface area contributed by atoms with E-state index >= 15 is 0 Å². The summed E-state index contributed by atoms with van der Waals surface area (Å²) in [6.07, 6.45) is 2.34. The highest BCUT2D eigenvalue weighted by Gasteiger charge is 2.23. The van der Waals surface area contributed by atoms with Gasteiger partial charge in [-0.3, -0.25) is 9.78 Å². The zero-order valence-corrected chi connectivity index (χ0v) is 9.95. The fourth-order valence-electron chi connectivity index (χ4n) is 1.36. The van der Waals surface area contributed by atoms with E-state index in [0.29, 0.717) is 12.2 Å². The number of carbonyl (C=O) groups is 1. The fraction of sp³-hybridized carbons (Fsp3) is 0.538. The zero-order valence-electron chi connectivity index (χ0n) is 9.95. The van der Waals surface area contributed by atoms with Crippen molar-refractivity contribution in [2.75, 3.05) is 0 Å². The smallest absolute Gasteiger partial charge is 0.138 e. The molecule has 0 amide bonds. The molecule has 0 radical (unpaired) electrons. The van der Waals surface area contributed by atoms with Crippen molar-refractivity contribution in [2.24, 2.45) is 5.41 Å². The summed E-state index contributed by atoms with van der Waals surface area (Å²) in [5.41, 5.74) is 0.748. The number of rotatable bonds is 3. The first-order valence-corrected chi connectivity index (χ1v) is 5.35. The second-order valence-corrected chi connectivity index (χ2v) is 5.03. The number of carbonyl (C=O) groups excluding carboxylic acids is 1. The SMILES string of the molecule is C[C@@H](CC(=O)C(C)(C)C)c1ccccn1. The predicted molar refractivity (Wildman–Crippen MR) is 61.7 cm³/mol. The molecule has 1 heterocycles. The Labute approximate surface area is 91.7 Å². The molecule has 0 saturated heterocycles. The minimum Gasteiger partial charge on any atom is -0.299 e. The first-order chi connectivity index (χ1) is 6.91. The van der Waals surface area contributed by atoms with E-state index in [9.17, 15) is 4.79 Å². The zero-order chi connectivity index (χ0) is 11.5. The van der Waals surface area contributed by atoms with Crippen LogP contribution in [-0.4, -0.2) is 10.8 Å². The van der Waals surface area contributed by atoms with Crippen LogP contribution in [0.4, 0.5) is 0 Å². The molecule has 0 aliphatic carbocycles. The summed E-state index contributed by atoms with van der Waals surface area (Å²) < 4.78 is 0. The molecule has 0 aliphatic rings. The van der Waals surface area contributed by atoms with E-state index in [1.54, 1.807) is 6.20 Å². The monoisotopic (exact) mass is 205 g/mol. The fourth-order valence-corrected chi connectivity index (χ4v) is 1.36. The Morgan fingerprint density at radius 3 is 2.53 bits per heavy atom. The molecule has 0 unspecified atom stereocenters. The Balaban J connectivity index is 2.65. The van der Waals surface area contributed by atoms with E-state index in [1.807, 2.05) is 45.9 Å². The quantitative estimate of drug-likeness (QED) is 0.758. The second kappa shape index (κ2) is 4.56. The van der Waals surface area contributed by atoms with E-state index in [1.165, 1.54) is 0 Å². The van der Waals surface area contributed by atoms with Crippen molar-refractivity contribution in [3.63, 3.8) is 0 Å². The molecule has 15 heavy (non-hydrogen) atoms. The van der Waals surface area contributed by atoms with Crippen molar-refractivity contribution < 1.29 is 4.79 Å². The van der Waals surface area contributed by atoms with Crippen LogP contribution in [0.5, 0.6) is 0 Å². The Hall–Kier alpha value is -1.18. The van der Waals surface area contributed by atoms with Gasteiger partial charge in [0, 0.05) is 29.6 Å². The van der Waals surface area contributed by atoms with Crippen LogP contribution in [0.3, 0.4) is 0 Å². The van der Waals surface area contributed by atoms with Gasteiger partial charge in [-0.1, -0.05) is 33.8 Å². The Bertz CT molecular complexity index is 324. The summed E-state index contributed by atoms with van der Waals surface area (Å²) in [7, 11) is 0. The third kappa shape index (κ3) is 3.46. The molecule has 0 saturated carbocycles. The highest BCUT2D eigenvalue weighted by Crippen LogP contribution is 2.24. The summed E-state index contributed by atoms with van der Waals surface area (Å²) in [5.74, 6) is 0.499. The van der Waals surface area contributed by atoms with Gasteiger partial charge in [-0.05, 0) is 12.1 Å². The molecule has 1 atom stereocenters. The van der Waals surface area contributed by atoms with E-state index in [-0.39, 0.29) is 11.3 Å². The summed E-state index contributed by atoms with van der Waals surface area (Å²) in [4.78, 5) is 16.1. The van der Waals surface area contributed by atoms with Gasteiger partial charge in [0.05, 0.1) is 0 Å². The molecule has 1 rings (SSSR count). The average Bonchev–Trinajstić information content (AvgIpc) is 2.17. The molecule has 2 nitrogen and oxygen atoms in total. The maximum atomic E-state index is 11.8. The van der Waals surface area contributed by atoms with Crippen LogP contribution in [0.25, 0.3) is 0 Å². The van der Waals surface area contributed by atoms with Gasteiger partial charge in [-0.25, -0.2) is 0 Å². The molecule has 1 aromatic heterocycles. The lowest BCUT2D eigenvalue weighted by Crippen LogP contribution is -2.21. The van der Waals surface area contributed by atoms with Crippen LogP contribution in [0.1, 0.15) is 45.7 Å². The number of aromatic nitrogens is 1. The maximum absolute atomic E-state index is 11.8. The standard InChI is InChI=1S/C13H19NO/c1-10(9-12(15)13(2,3)4)11-7-5-6-8-14-11/h5-8,10H,9H2,1-4H3/t10-/m0/s1. The van der Waals surface area contributed by atoms with Crippen molar-refractivity contribution in [1.29, 1.82) is 0 Å². The highest BCUT2D eigenvalue weighted by molar-refractivity contribution is 5.84. The van der Waals surface area contributed by atoms with Crippen molar-refractivity contribution in [3.05, 3.63) is 30.1 Å². The average molecular weight is 205 g/mol. The lowest BCUT2D eigenvalue weighted by Gasteiger charge is -2.19. The van der Waals surface area contributed by atoms with Gasteiger partial charge in [-0.2, -0.15) is 0 Å². The molecule has 0 fully saturated rings. The van der Waals surface area contributed by atoms with Crippen molar-refractivity contribution in [3.8, 4) is 0 Å². The van der Waals surface area contributed by atoms with Crippen LogP contribution >= 0.6 is 0 Å². The Morgan fingerprint density at radius 2 is 2.07 bits per heavy atom. The topological polar surface area (TPSA) is 30.0 Å². The molecule has 0 N–H and O–H groups in total. The van der Waals surface area contributed by atoms with Gasteiger partial charge in [0.25, 0.3) is 0 Å². The number of pyridine rings is 1.